The first kappa shape index (κ1) is 10.6. The molecule has 88 valence electrons. The van der Waals surface area contributed by atoms with Crippen LogP contribution in [0, 0.1) is 23.7 Å². The van der Waals surface area contributed by atoms with Crippen LogP contribution in [0.2, 0.25) is 0 Å². The van der Waals surface area contributed by atoms with Gasteiger partial charge in [-0.25, -0.2) is 0 Å². The number of anilines is 1. The Hall–Kier alpha value is -1.53. The molecule has 0 unspecified atom stereocenters. The van der Waals surface area contributed by atoms with Crippen molar-refractivity contribution in [2.75, 3.05) is 18.4 Å². The Morgan fingerprint density at radius 2 is 2.18 bits per heavy atom. The van der Waals surface area contributed by atoms with E-state index in [9.17, 15) is 0 Å². The van der Waals surface area contributed by atoms with E-state index < -0.39 is 0 Å². The minimum atomic E-state index is 0.589. The van der Waals surface area contributed by atoms with Crippen molar-refractivity contribution in [1.82, 2.24) is 5.32 Å². The summed E-state index contributed by atoms with van der Waals surface area (Å²) in [7, 11) is 0. The van der Waals surface area contributed by atoms with Gasteiger partial charge in [-0.2, -0.15) is 5.26 Å². The number of nitriles is 1. The molecule has 0 aromatic heterocycles. The summed E-state index contributed by atoms with van der Waals surface area (Å²) in [4.78, 5) is 0. The third kappa shape index (κ3) is 1.79. The highest BCUT2D eigenvalue weighted by atomic mass is 15.0. The normalized spacial score (nSPS) is 21.4. The number of aryl methyl sites for hydroxylation is 1. The Labute approximate surface area is 102 Å². The van der Waals surface area contributed by atoms with Crippen molar-refractivity contribution in [1.29, 1.82) is 5.26 Å². The summed E-state index contributed by atoms with van der Waals surface area (Å²) >= 11 is 0. The van der Waals surface area contributed by atoms with Crippen LogP contribution in [0.4, 0.5) is 5.69 Å². The predicted molar refractivity (Wildman–Crippen MR) is 67.8 cm³/mol. The van der Waals surface area contributed by atoms with Crippen LogP contribution in [0.3, 0.4) is 0 Å². The van der Waals surface area contributed by atoms with Crippen molar-refractivity contribution in [3.05, 3.63) is 29.3 Å². The second-order valence-electron chi connectivity index (χ2n) is 5.49. The highest BCUT2D eigenvalue weighted by Crippen LogP contribution is 2.45. The van der Waals surface area contributed by atoms with Gasteiger partial charge in [-0.3, -0.25) is 0 Å². The summed E-state index contributed by atoms with van der Waals surface area (Å²) in [5, 5.41) is 15.9. The van der Waals surface area contributed by atoms with E-state index >= 15 is 0 Å². The third-order valence-electron chi connectivity index (χ3n) is 4.09. The van der Waals surface area contributed by atoms with Gasteiger partial charge in [0.2, 0.25) is 0 Å². The zero-order valence-electron chi connectivity index (χ0n) is 10.1. The molecule has 3 rings (SSSR count). The average molecular weight is 227 g/mol. The molecule has 0 amide bonds. The van der Waals surface area contributed by atoms with Gasteiger partial charge in [-0.1, -0.05) is 6.07 Å². The molecule has 1 saturated heterocycles. The number of hydrogen-bond donors (Lipinski definition) is 2. The summed E-state index contributed by atoms with van der Waals surface area (Å²) in [5.41, 5.74) is 3.50. The maximum Gasteiger partial charge on any atom is 0.0995 e. The van der Waals surface area contributed by atoms with Crippen molar-refractivity contribution in [2.24, 2.45) is 5.41 Å². The molecule has 0 atom stereocenters. The van der Waals surface area contributed by atoms with Gasteiger partial charge in [0, 0.05) is 24.8 Å². The zero-order valence-corrected chi connectivity index (χ0v) is 10.1. The number of hydrogen-bond acceptors (Lipinski definition) is 3. The van der Waals surface area contributed by atoms with Crippen LogP contribution in [0.15, 0.2) is 18.2 Å². The Kier molecular flexibility index (Phi) is 2.34. The predicted octanol–water partition coefficient (Wildman–Crippen LogP) is 2.03. The fourth-order valence-corrected chi connectivity index (χ4v) is 2.92. The van der Waals surface area contributed by atoms with E-state index in [2.05, 4.69) is 22.8 Å². The molecule has 1 aromatic rings. The smallest absolute Gasteiger partial charge is 0.0995 e. The minimum absolute atomic E-state index is 0.589. The third-order valence-corrected chi connectivity index (χ3v) is 4.09. The van der Waals surface area contributed by atoms with Crippen molar-refractivity contribution in [3.63, 3.8) is 0 Å². The quantitative estimate of drug-likeness (QED) is 0.812. The molecular formula is C14H17N3. The molecule has 1 aromatic carbocycles. The summed E-state index contributed by atoms with van der Waals surface area (Å²) < 4.78 is 0. The van der Waals surface area contributed by atoms with E-state index in [1.807, 2.05) is 19.1 Å². The van der Waals surface area contributed by atoms with Gasteiger partial charge in [-0.15, -0.1) is 0 Å². The molecule has 1 aliphatic carbocycles. The number of benzene rings is 1. The van der Waals surface area contributed by atoms with E-state index in [1.165, 1.54) is 25.9 Å². The van der Waals surface area contributed by atoms with E-state index in [0.717, 1.165) is 16.8 Å². The van der Waals surface area contributed by atoms with E-state index in [4.69, 9.17) is 5.26 Å². The molecule has 1 heterocycles. The highest BCUT2D eigenvalue weighted by Gasteiger charge is 2.48. The van der Waals surface area contributed by atoms with E-state index in [1.54, 1.807) is 0 Å². The molecule has 0 radical (unpaired) electrons. The second kappa shape index (κ2) is 3.75. The molecule has 17 heavy (non-hydrogen) atoms. The molecule has 0 bridgehead atoms. The molecule has 2 fully saturated rings. The van der Waals surface area contributed by atoms with Crippen LogP contribution in [-0.2, 0) is 0 Å². The Morgan fingerprint density at radius 1 is 1.41 bits per heavy atom. The van der Waals surface area contributed by atoms with Crippen LogP contribution in [-0.4, -0.2) is 19.1 Å². The van der Waals surface area contributed by atoms with Gasteiger partial charge < -0.3 is 10.6 Å². The summed E-state index contributed by atoms with van der Waals surface area (Å²) in [6.45, 7) is 4.34. The van der Waals surface area contributed by atoms with Crippen LogP contribution in [0.1, 0.15) is 24.0 Å². The number of rotatable bonds is 2. The van der Waals surface area contributed by atoms with Crippen LogP contribution >= 0.6 is 0 Å². The Morgan fingerprint density at radius 3 is 2.76 bits per heavy atom. The molecule has 2 N–H and O–H groups in total. The fraction of sp³-hybridized carbons (Fsp3) is 0.500. The molecule has 1 spiro atoms. The molecular weight excluding hydrogens is 210 g/mol. The zero-order chi connectivity index (χ0) is 11.9. The second-order valence-corrected chi connectivity index (χ2v) is 5.49. The number of nitrogens with zero attached hydrogens (tertiary/aromatic N) is 1. The SMILES string of the molecule is Cc1ccc(NC2CC3(CNC3)C2)cc1C#N. The molecule has 2 aliphatic rings. The lowest BCUT2D eigenvalue weighted by Crippen LogP contribution is -2.63. The van der Waals surface area contributed by atoms with Gasteiger partial charge >= 0.3 is 0 Å². The van der Waals surface area contributed by atoms with Gasteiger partial charge in [0.15, 0.2) is 0 Å². The maximum atomic E-state index is 8.99. The highest BCUT2D eigenvalue weighted by molar-refractivity contribution is 5.53. The molecule has 1 aliphatic heterocycles. The van der Waals surface area contributed by atoms with E-state index in [-0.39, 0.29) is 0 Å². The first-order chi connectivity index (χ1) is 8.21. The molecule has 3 nitrogen and oxygen atoms in total. The maximum absolute atomic E-state index is 8.99. The lowest BCUT2D eigenvalue weighted by atomic mass is 9.61. The van der Waals surface area contributed by atoms with Crippen LogP contribution in [0.25, 0.3) is 0 Å². The van der Waals surface area contributed by atoms with Crippen LogP contribution < -0.4 is 10.6 Å². The Bertz CT molecular complexity index is 475. The van der Waals surface area contributed by atoms with Gasteiger partial charge in [0.25, 0.3) is 0 Å². The standard InChI is InChI=1S/C14H17N3/c1-10-2-3-12(4-11(10)7-15)17-13-5-14(6-13)8-16-9-14/h2-4,13,16-17H,5-6,8-9H2,1H3. The lowest BCUT2D eigenvalue weighted by Gasteiger charge is -2.54. The van der Waals surface area contributed by atoms with Crippen LogP contribution in [0.5, 0.6) is 0 Å². The molecule has 1 saturated carbocycles. The lowest BCUT2D eigenvalue weighted by molar-refractivity contribution is 0.0470. The van der Waals surface area contributed by atoms with Crippen molar-refractivity contribution >= 4 is 5.69 Å². The summed E-state index contributed by atoms with van der Waals surface area (Å²) in [5.74, 6) is 0. The number of nitrogens with one attached hydrogen (secondary N) is 2. The van der Waals surface area contributed by atoms with Gasteiger partial charge in [0.1, 0.15) is 0 Å². The largest absolute Gasteiger partial charge is 0.382 e. The van der Waals surface area contributed by atoms with Crippen molar-refractivity contribution in [2.45, 2.75) is 25.8 Å². The minimum Gasteiger partial charge on any atom is -0.382 e. The van der Waals surface area contributed by atoms with E-state index in [0.29, 0.717) is 11.5 Å². The first-order valence-electron chi connectivity index (χ1n) is 6.19. The first-order valence-corrected chi connectivity index (χ1v) is 6.19. The Balaban J connectivity index is 1.64. The summed E-state index contributed by atoms with van der Waals surface area (Å²) in [6, 6.07) is 8.86. The monoisotopic (exact) mass is 227 g/mol. The molecule has 3 heteroatoms. The van der Waals surface area contributed by atoms with Crippen molar-refractivity contribution in [3.8, 4) is 6.07 Å². The fourth-order valence-electron chi connectivity index (χ4n) is 2.92. The van der Waals surface area contributed by atoms with Gasteiger partial charge in [0.05, 0.1) is 11.6 Å². The van der Waals surface area contributed by atoms with Gasteiger partial charge in [-0.05, 0) is 42.9 Å². The topological polar surface area (TPSA) is 47.8 Å². The van der Waals surface area contributed by atoms with Crippen molar-refractivity contribution < 1.29 is 0 Å². The average Bonchev–Trinajstić information content (AvgIpc) is 2.22. The summed E-state index contributed by atoms with van der Waals surface area (Å²) in [6.07, 6.45) is 2.52.